The summed E-state index contributed by atoms with van der Waals surface area (Å²) in [6, 6.07) is 9.77. The number of nitrogens with zero attached hydrogens (tertiary/aromatic N) is 3. The molecule has 2 saturated heterocycles. The number of benzene rings is 1. The van der Waals surface area contributed by atoms with Gasteiger partial charge in [0.05, 0.1) is 43.0 Å². The van der Waals surface area contributed by atoms with Crippen molar-refractivity contribution in [1.29, 1.82) is 5.26 Å². The van der Waals surface area contributed by atoms with E-state index in [4.69, 9.17) is 9.47 Å². The first-order valence-corrected chi connectivity index (χ1v) is 10.4. The molecule has 5 aliphatic rings. The number of esters is 1. The maximum Gasteiger partial charge on any atom is 0.414 e. The van der Waals surface area contributed by atoms with Crippen LogP contribution in [-0.2, 0) is 24.5 Å². The lowest BCUT2D eigenvalue weighted by molar-refractivity contribution is -0.156. The van der Waals surface area contributed by atoms with Crippen molar-refractivity contribution in [3.05, 3.63) is 42.0 Å². The van der Waals surface area contributed by atoms with Gasteiger partial charge in [0.2, 0.25) is 5.91 Å². The Morgan fingerprint density at radius 3 is 2.65 bits per heavy atom. The molecule has 6 rings (SSSR count). The molecule has 3 fully saturated rings. The number of methoxy groups -OCH3 is 2. The van der Waals surface area contributed by atoms with Crippen LogP contribution in [0.2, 0.25) is 0 Å². The highest BCUT2D eigenvalue weighted by atomic mass is 16.5. The molecule has 1 aliphatic carbocycles. The van der Waals surface area contributed by atoms with Crippen LogP contribution in [0.3, 0.4) is 0 Å². The summed E-state index contributed by atoms with van der Waals surface area (Å²) in [5.74, 6) is -1.41. The Balaban J connectivity index is 1.83. The van der Waals surface area contributed by atoms with Crippen LogP contribution < -0.4 is 4.90 Å². The number of hydrogen-bond donors (Lipinski definition) is 0. The molecule has 0 aromatic heterocycles. The molecule has 4 atom stereocenters. The zero-order valence-electron chi connectivity index (χ0n) is 17.5. The van der Waals surface area contributed by atoms with Crippen molar-refractivity contribution in [3.63, 3.8) is 0 Å². The molecule has 2 amide bonds. The van der Waals surface area contributed by atoms with Gasteiger partial charge in [-0.3, -0.25) is 14.5 Å². The number of hydrogen-bond acceptors (Lipinski definition) is 6. The fourth-order valence-electron chi connectivity index (χ4n) is 6.62. The maximum absolute atomic E-state index is 13.3. The summed E-state index contributed by atoms with van der Waals surface area (Å²) in [7, 11) is 2.61. The minimum Gasteiger partial charge on any atom is -0.469 e. The number of ether oxygens (including phenoxy) is 2. The van der Waals surface area contributed by atoms with Crippen molar-refractivity contribution in [1.82, 2.24) is 4.90 Å². The van der Waals surface area contributed by atoms with Gasteiger partial charge in [-0.05, 0) is 37.3 Å². The minimum absolute atomic E-state index is 0.109. The van der Waals surface area contributed by atoms with E-state index < -0.39 is 34.5 Å². The van der Waals surface area contributed by atoms with E-state index in [9.17, 15) is 19.6 Å². The Morgan fingerprint density at radius 1 is 1.16 bits per heavy atom. The van der Waals surface area contributed by atoms with Crippen LogP contribution in [0.5, 0.6) is 0 Å². The van der Waals surface area contributed by atoms with E-state index in [0.717, 1.165) is 0 Å². The highest BCUT2D eigenvalue weighted by Gasteiger charge is 2.73. The van der Waals surface area contributed by atoms with Gasteiger partial charge in [-0.15, -0.1) is 0 Å². The third-order valence-corrected chi connectivity index (χ3v) is 7.90. The standard InChI is InChI=1S/C23H23N3O5/c1-30-19(28)16-13-21-8-7-18(27)25(21)12-11-22(14-24)15-5-3-4-6-17(15)26(20(29)31-2)23(16,22)10-9-21/h3-8,16H,9-13H2,1-2H3/t16?,21-,22+,23-/m1/s1. The van der Waals surface area contributed by atoms with Crippen LogP contribution in [0.15, 0.2) is 36.4 Å². The molecule has 4 heterocycles. The van der Waals surface area contributed by atoms with Crippen LogP contribution in [-0.4, -0.2) is 54.7 Å². The summed E-state index contributed by atoms with van der Waals surface area (Å²) in [4.78, 5) is 42.4. The van der Waals surface area contributed by atoms with E-state index in [0.29, 0.717) is 37.1 Å². The Bertz CT molecular complexity index is 1080. The molecule has 0 N–H and O–H groups in total. The number of anilines is 1. The molecule has 31 heavy (non-hydrogen) atoms. The lowest BCUT2D eigenvalue weighted by atomic mass is 9.52. The molecular weight excluding hydrogens is 398 g/mol. The van der Waals surface area contributed by atoms with Crippen molar-refractivity contribution < 1.29 is 23.9 Å². The summed E-state index contributed by atoms with van der Waals surface area (Å²) < 4.78 is 10.4. The smallest absolute Gasteiger partial charge is 0.414 e. The molecule has 8 nitrogen and oxygen atoms in total. The molecule has 1 aromatic carbocycles. The summed E-state index contributed by atoms with van der Waals surface area (Å²) in [6.07, 6.45) is 4.31. The highest BCUT2D eigenvalue weighted by molar-refractivity contribution is 5.98. The van der Waals surface area contributed by atoms with Crippen molar-refractivity contribution in [2.45, 2.75) is 42.2 Å². The van der Waals surface area contributed by atoms with Gasteiger partial charge < -0.3 is 14.4 Å². The average molecular weight is 421 g/mol. The van der Waals surface area contributed by atoms with Crippen molar-refractivity contribution in [2.24, 2.45) is 5.92 Å². The maximum atomic E-state index is 13.3. The van der Waals surface area contributed by atoms with Crippen molar-refractivity contribution >= 4 is 23.7 Å². The second-order valence-corrected chi connectivity index (χ2v) is 8.72. The van der Waals surface area contributed by atoms with Gasteiger partial charge in [-0.2, -0.15) is 5.26 Å². The topological polar surface area (TPSA) is 99.9 Å². The molecule has 1 unspecified atom stereocenters. The Labute approximate surface area is 180 Å². The first kappa shape index (κ1) is 19.6. The predicted octanol–water partition coefficient (Wildman–Crippen LogP) is 2.29. The molecular formula is C23H23N3O5. The monoisotopic (exact) mass is 421 g/mol. The quantitative estimate of drug-likeness (QED) is 0.645. The Kier molecular flexibility index (Phi) is 4.00. The summed E-state index contributed by atoms with van der Waals surface area (Å²) in [5.41, 5.74) is -1.70. The lowest BCUT2D eigenvalue weighted by Gasteiger charge is -2.59. The van der Waals surface area contributed by atoms with Crippen molar-refractivity contribution in [2.75, 3.05) is 25.7 Å². The zero-order valence-corrected chi connectivity index (χ0v) is 17.5. The summed E-state index contributed by atoms with van der Waals surface area (Å²) in [5, 5.41) is 10.7. The lowest BCUT2D eigenvalue weighted by Crippen LogP contribution is -2.72. The molecule has 1 saturated carbocycles. The van der Waals surface area contributed by atoms with Crippen LogP contribution in [0, 0.1) is 17.2 Å². The minimum atomic E-state index is -1.19. The third-order valence-electron chi connectivity index (χ3n) is 7.90. The van der Waals surface area contributed by atoms with Crippen molar-refractivity contribution in [3.8, 4) is 6.07 Å². The van der Waals surface area contributed by atoms with Gasteiger partial charge in [0.25, 0.3) is 0 Å². The van der Waals surface area contributed by atoms with Gasteiger partial charge in [-0.1, -0.05) is 24.3 Å². The molecule has 160 valence electrons. The van der Waals surface area contributed by atoms with E-state index in [2.05, 4.69) is 6.07 Å². The van der Waals surface area contributed by atoms with Crippen LogP contribution >= 0.6 is 0 Å². The van der Waals surface area contributed by atoms with Gasteiger partial charge >= 0.3 is 12.1 Å². The third kappa shape index (κ3) is 2.11. The van der Waals surface area contributed by atoms with Gasteiger partial charge in [0.15, 0.2) is 0 Å². The summed E-state index contributed by atoms with van der Waals surface area (Å²) >= 11 is 0. The average Bonchev–Trinajstić information content (AvgIpc) is 3.20. The van der Waals surface area contributed by atoms with Gasteiger partial charge in [-0.25, -0.2) is 4.79 Å². The molecule has 4 aliphatic heterocycles. The molecule has 8 heteroatoms. The highest BCUT2D eigenvalue weighted by Crippen LogP contribution is 2.64. The molecule has 2 spiro atoms. The van der Waals surface area contributed by atoms with Gasteiger partial charge in [0, 0.05) is 12.6 Å². The van der Waals surface area contributed by atoms with E-state index in [1.807, 2.05) is 18.2 Å². The first-order chi connectivity index (χ1) is 14.9. The van der Waals surface area contributed by atoms with Crippen LogP contribution in [0.1, 0.15) is 31.2 Å². The Hall–Kier alpha value is -3.34. The van der Waals surface area contributed by atoms with Crippen LogP contribution in [0.4, 0.5) is 10.5 Å². The first-order valence-electron chi connectivity index (χ1n) is 10.4. The number of carbonyl (C=O) groups excluding carboxylic acids is 3. The van der Waals surface area contributed by atoms with E-state index in [1.54, 1.807) is 23.1 Å². The number of carbonyl (C=O) groups is 3. The SMILES string of the molecule is COC(=O)C1C[C@]23C=CC(=O)N2CC[C@]2(C#N)c4ccccc4N(C(=O)OC)[C@]12CC3. The largest absolute Gasteiger partial charge is 0.469 e. The second kappa shape index (κ2) is 6.33. The number of nitriles is 1. The van der Waals surface area contributed by atoms with E-state index >= 15 is 0 Å². The van der Waals surface area contributed by atoms with E-state index in [-0.39, 0.29) is 12.3 Å². The number of fused-ring (bicyclic) bond motifs is 4. The number of amides is 2. The predicted molar refractivity (Wildman–Crippen MR) is 109 cm³/mol. The zero-order chi connectivity index (χ0) is 22.0. The normalized spacial score (nSPS) is 34.9. The fourth-order valence-corrected chi connectivity index (χ4v) is 6.62. The van der Waals surface area contributed by atoms with E-state index in [1.165, 1.54) is 19.1 Å². The molecule has 0 radical (unpaired) electrons. The Morgan fingerprint density at radius 2 is 1.94 bits per heavy atom. The molecule has 1 aromatic rings. The fraction of sp³-hybridized carbons (Fsp3) is 0.478. The summed E-state index contributed by atoms with van der Waals surface area (Å²) in [6.45, 7) is 0.360. The number of rotatable bonds is 1. The molecule has 2 bridgehead atoms. The van der Waals surface area contributed by atoms with Gasteiger partial charge in [0.1, 0.15) is 5.41 Å². The number of para-hydroxylation sites is 1. The second-order valence-electron chi connectivity index (χ2n) is 8.72. The van der Waals surface area contributed by atoms with Crippen LogP contribution in [0.25, 0.3) is 0 Å².